The van der Waals surface area contributed by atoms with Crippen molar-refractivity contribution < 1.29 is 19.8 Å². The predicted octanol–water partition coefficient (Wildman–Crippen LogP) is -4.02. The topological polar surface area (TPSA) is 231 Å². The van der Waals surface area contributed by atoms with E-state index in [1.807, 2.05) is 0 Å². The van der Waals surface area contributed by atoms with E-state index in [-0.39, 0.29) is 45.5 Å². The first kappa shape index (κ1) is 17.7. The monoisotopic (exact) mass is 344 g/mol. The van der Waals surface area contributed by atoms with Crippen LogP contribution in [0.5, 0.6) is 0 Å². The third kappa shape index (κ3) is 4.40. The minimum absolute atomic E-state index is 0. The van der Waals surface area contributed by atoms with Crippen molar-refractivity contribution in [3.8, 4) is 0 Å². The van der Waals surface area contributed by atoms with Crippen LogP contribution < -0.4 is 21.7 Å². The molecule has 0 atom stereocenters. The first-order valence-corrected chi connectivity index (χ1v) is 3.99. The fourth-order valence-corrected chi connectivity index (χ4v) is 0.556. The molecule has 0 unspecified atom stereocenters. The maximum absolute atomic E-state index is 9.98. The Labute approximate surface area is 141 Å². The van der Waals surface area contributed by atoms with Crippen molar-refractivity contribution in [3.05, 3.63) is 0 Å². The normalized spacial score (nSPS) is 19.5. The van der Waals surface area contributed by atoms with Gasteiger partial charge in [-0.2, -0.15) is 0 Å². The van der Waals surface area contributed by atoms with Crippen molar-refractivity contribution in [1.82, 2.24) is 0 Å². The van der Waals surface area contributed by atoms with E-state index in [1.54, 1.807) is 0 Å². The smallest absolute Gasteiger partial charge is 0.544 e. The molecular weight excluding hydrogens is 340 g/mol. The van der Waals surface area contributed by atoms with Gasteiger partial charge in [0.25, 0.3) is 11.6 Å². The Morgan fingerprint density at radius 3 is 1.05 bits per heavy atom. The number of carbonyl (C=O) groups is 2. The summed E-state index contributed by atoms with van der Waals surface area (Å²) in [5, 5.41) is 43.4. The van der Waals surface area contributed by atoms with Gasteiger partial charge >= 0.3 is 45.5 Å². The summed E-state index contributed by atoms with van der Waals surface area (Å²) in [7, 11) is 0. The molecule has 15 heteroatoms. The average Bonchev–Trinajstić information content (AvgIpc) is 2.90. The first-order chi connectivity index (χ1) is 8.30. The summed E-state index contributed by atoms with van der Waals surface area (Å²) < 4.78 is 0. The van der Waals surface area contributed by atoms with Crippen molar-refractivity contribution >= 4 is 57.4 Å². The molecule has 0 spiro atoms. The minimum Gasteiger partial charge on any atom is -0.544 e. The molecule has 0 saturated carbocycles. The number of nitrogens with two attached hydrogens (primary N) is 2. The molecule has 0 bridgehead atoms. The summed E-state index contributed by atoms with van der Waals surface area (Å²) >= 11 is 0. The van der Waals surface area contributed by atoms with Crippen LogP contribution in [0, 0.1) is 0 Å². The van der Waals surface area contributed by atoms with Gasteiger partial charge in [0.15, 0.2) is 0 Å². The van der Waals surface area contributed by atoms with Crippen molar-refractivity contribution in [2.75, 3.05) is 0 Å². The van der Waals surface area contributed by atoms with Crippen molar-refractivity contribution in [2.45, 2.75) is 11.6 Å². The summed E-state index contributed by atoms with van der Waals surface area (Å²) in [6, 6.07) is 0. The number of hydrogen-bond donors (Lipinski definition) is 2. The Morgan fingerprint density at radius 1 is 0.737 bits per heavy atom. The van der Waals surface area contributed by atoms with Gasteiger partial charge in [0, 0.05) is 0 Å². The van der Waals surface area contributed by atoms with Crippen molar-refractivity contribution in [3.63, 3.8) is 0 Å². The number of aliphatic carboxylic acids is 2. The minimum atomic E-state index is -2.08. The molecule has 2 heterocycles. The molecule has 2 aliphatic rings. The van der Waals surface area contributed by atoms with Gasteiger partial charge in [0.1, 0.15) is 11.9 Å². The molecule has 0 radical (unpaired) electrons. The van der Waals surface area contributed by atoms with Crippen LogP contribution in [0.2, 0.25) is 0 Å². The fourth-order valence-electron chi connectivity index (χ4n) is 0.556. The van der Waals surface area contributed by atoms with Crippen LogP contribution in [0.1, 0.15) is 0 Å². The van der Waals surface area contributed by atoms with Gasteiger partial charge in [-0.05, 0) is 20.9 Å². The van der Waals surface area contributed by atoms with Crippen LogP contribution in [-0.2, 0) is 9.59 Å². The third-order valence-corrected chi connectivity index (χ3v) is 1.47. The SMILES string of the molecule is NC1(C(=O)[O-])N=NN=N1.NC1(C(=O)[O-])N=NN=N1.[Sr+2]. The van der Waals surface area contributed by atoms with E-state index in [0.29, 0.717) is 0 Å². The first-order valence-electron chi connectivity index (χ1n) is 3.99. The van der Waals surface area contributed by atoms with Gasteiger partial charge in [0.2, 0.25) is 0 Å². The maximum Gasteiger partial charge on any atom is 2.00 e. The fraction of sp³-hybridized carbons (Fsp3) is 0.500. The van der Waals surface area contributed by atoms with Gasteiger partial charge in [-0.1, -0.05) is 0 Å². The molecule has 19 heavy (non-hydrogen) atoms. The largest absolute Gasteiger partial charge is 2.00 e. The second kappa shape index (κ2) is 6.78. The van der Waals surface area contributed by atoms with Crippen LogP contribution >= 0.6 is 0 Å². The third-order valence-electron chi connectivity index (χ3n) is 1.47. The molecule has 0 saturated heterocycles. The van der Waals surface area contributed by atoms with Crippen LogP contribution in [0.3, 0.4) is 0 Å². The zero-order valence-electron chi connectivity index (χ0n) is 9.07. The molecule has 0 fully saturated rings. The van der Waals surface area contributed by atoms with Crippen LogP contribution in [0.15, 0.2) is 41.4 Å². The molecule has 96 valence electrons. The molecule has 2 aliphatic heterocycles. The van der Waals surface area contributed by atoms with Gasteiger partial charge in [-0.15, -0.1) is 20.5 Å². The van der Waals surface area contributed by atoms with Gasteiger partial charge in [-0.25, -0.2) is 0 Å². The number of hydrogen-bond acceptors (Lipinski definition) is 14. The Kier molecular flexibility index (Phi) is 6.33. The Hall–Kier alpha value is -1.26. The second-order valence-corrected chi connectivity index (χ2v) is 2.78. The maximum atomic E-state index is 9.98. The van der Waals surface area contributed by atoms with E-state index in [0.717, 1.165) is 0 Å². The second-order valence-electron chi connectivity index (χ2n) is 2.78. The Morgan fingerprint density at radius 2 is 0.947 bits per heavy atom. The molecular formula is C4H4N10O4Sr. The summed E-state index contributed by atoms with van der Waals surface area (Å²) in [5.41, 5.74) is 9.84. The molecule has 4 N–H and O–H groups in total. The number of carboxylic acids is 2. The number of nitrogens with zero attached hydrogens (tertiary/aromatic N) is 8. The molecule has 14 nitrogen and oxygen atoms in total. The number of rotatable bonds is 2. The zero-order valence-corrected chi connectivity index (χ0v) is 12.5. The van der Waals surface area contributed by atoms with Crippen LogP contribution in [0.25, 0.3) is 0 Å². The van der Waals surface area contributed by atoms with Crippen molar-refractivity contribution in [1.29, 1.82) is 0 Å². The van der Waals surface area contributed by atoms with E-state index in [4.69, 9.17) is 11.5 Å². The van der Waals surface area contributed by atoms with E-state index < -0.39 is 23.5 Å². The molecule has 0 aliphatic carbocycles. The average molecular weight is 344 g/mol. The zero-order chi connectivity index (χ0) is 13.8. The van der Waals surface area contributed by atoms with E-state index in [1.165, 1.54) is 0 Å². The number of carbonyl (C=O) groups excluding carboxylic acids is 2. The van der Waals surface area contributed by atoms with E-state index in [2.05, 4.69) is 41.4 Å². The van der Waals surface area contributed by atoms with Gasteiger partial charge < -0.3 is 19.8 Å². The Balaban J connectivity index is 0.000000324. The summed E-state index contributed by atoms with van der Waals surface area (Å²) in [6.45, 7) is 0. The van der Waals surface area contributed by atoms with Gasteiger partial charge in [-0.3, -0.25) is 11.5 Å². The predicted molar refractivity (Wildman–Crippen MR) is 49.0 cm³/mol. The molecule has 0 aromatic heterocycles. The molecule has 0 aromatic carbocycles. The Bertz CT molecular complexity index is 416. The summed E-state index contributed by atoms with van der Waals surface area (Å²) in [6.07, 6.45) is 0. The quantitative estimate of drug-likeness (QED) is 0.473. The standard InChI is InChI=1S/2C2H3N5O2.Sr/c2*3-2(1(8)9)4-6-7-5-2;/h2*3H2,(H,8,9);/q;;+2/p-2. The molecule has 0 amide bonds. The molecule has 2 rings (SSSR count). The van der Waals surface area contributed by atoms with E-state index in [9.17, 15) is 19.8 Å². The number of carboxylic acid groups (broad SMARTS) is 2. The van der Waals surface area contributed by atoms with E-state index >= 15 is 0 Å². The summed E-state index contributed by atoms with van der Waals surface area (Å²) in [5.74, 6) is -7.40. The summed E-state index contributed by atoms with van der Waals surface area (Å²) in [4.78, 5) is 20.0. The molecule has 0 aromatic rings. The van der Waals surface area contributed by atoms with Crippen molar-refractivity contribution in [2.24, 2.45) is 52.8 Å². The van der Waals surface area contributed by atoms with Crippen LogP contribution in [-0.4, -0.2) is 69.0 Å². The van der Waals surface area contributed by atoms with Crippen LogP contribution in [0.4, 0.5) is 0 Å². The van der Waals surface area contributed by atoms with Gasteiger partial charge in [0.05, 0.1) is 0 Å².